The highest BCUT2D eigenvalue weighted by molar-refractivity contribution is 7.99. The second kappa shape index (κ2) is 5.44. The smallest absolute Gasteiger partial charge is 0.155 e. The number of aromatic nitrogens is 2. The van der Waals surface area contributed by atoms with E-state index in [0.717, 1.165) is 16.9 Å². The monoisotopic (exact) mass is 271 g/mol. The highest BCUT2D eigenvalue weighted by atomic mass is 35.5. The molecule has 1 fully saturated rings. The second-order valence-corrected chi connectivity index (χ2v) is 5.98. The van der Waals surface area contributed by atoms with Crippen molar-refractivity contribution in [2.24, 2.45) is 0 Å². The van der Waals surface area contributed by atoms with Crippen LogP contribution in [0.3, 0.4) is 0 Å². The maximum Gasteiger partial charge on any atom is 0.155 e. The normalized spacial score (nSPS) is 24.0. The molecule has 1 aliphatic rings. The van der Waals surface area contributed by atoms with Gasteiger partial charge in [-0.05, 0) is 44.1 Å². The van der Waals surface area contributed by atoms with Crippen molar-refractivity contribution in [1.82, 2.24) is 10.2 Å². The molecule has 2 unspecified atom stereocenters. The molecule has 1 aliphatic carbocycles. The van der Waals surface area contributed by atoms with E-state index >= 15 is 0 Å². The molecule has 1 saturated carbocycles. The van der Waals surface area contributed by atoms with Gasteiger partial charge in [-0.15, -0.1) is 10.2 Å². The highest BCUT2D eigenvalue weighted by Gasteiger charge is 2.27. The van der Waals surface area contributed by atoms with Crippen molar-refractivity contribution in [2.45, 2.75) is 44.4 Å². The summed E-state index contributed by atoms with van der Waals surface area (Å²) < 4.78 is 0. The minimum atomic E-state index is 0.501. The van der Waals surface area contributed by atoms with Gasteiger partial charge in [0.1, 0.15) is 0 Å². The fraction of sp³-hybridized carbons (Fsp3) is 0.667. The number of halogens is 1. The van der Waals surface area contributed by atoms with Crippen LogP contribution in [0.2, 0.25) is 5.15 Å². The molecule has 3 nitrogen and oxygen atoms in total. The van der Waals surface area contributed by atoms with E-state index in [0.29, 0.717) is 16.4 Å². The van der Waals surface area contributed by atoms with Crippen molar-refractivity contribution in [3.05, 3.63) is 16.3 Å². The van der Waals surface area contributed by atoms with E-state index in [4.69, 9.17) is 11.6 Å². The van der Waals surface area contributed by atoms with Gasteiger partial charge in [0.05, 0.1) is 0 Å². The zero-order valence-corrected chi connectivity index (χ0v) is 12.0. The summed E-state index contributed by atoms with van der Waals surface area (Å²) in [5.74, 6) is 0.887. The first-order chi connectivity index (χ1) is 8.13. The van der Waals surface area contributed by atoms with Gasteiger partial charge >= 0.3 is 0 Å². The van der Waals surface area contributed by atoms with Crippen LogP contribution in [0.4, 0.5) is 5.82 Å². The Morgan fingerprint density at radius 1 is 1.24 bits per heavy atom. The van der Waals surface area contributed by atoms with E-state index in [9.17, 15) is 0 Å². The number of thioether (sulfide) groups is 1. The molecule has 1 aromatic heterocycles. The van der Waals surface area contributed by atoms with Crippen LogP contribution in [0.5, 0.6) is 0 Å². The summed E-state index contributed by atoms with van der Waals surface area (Å²) in [5.41, 5.74) is 2.12. The summed E-state index contributed by atoms with van der Waals surface area (Å²) >= 11 is 7.89. The summed E-state index contributed by atoms with van der Waals surface area (Å²) in [7, 11) is 0. The Balaban J connectivity index is 2.16. The van der Waals surface area contributed by atoms with Crippen LogP contribution >= 0.6 is 23.4 Å². The Kier molecular flexibility index (Phi) is 4.15. The average Bonchev–Trinajstić information content (AvgIpc) is 2.77. The number of rotatable bonds is 3. The summed E-state index contributed by atoms with van der Waals surface area (Å²) in [6, 6.07) is 0.513. The Morgan fingerprint density at radius 3 is 2.71 bits per heavy atom. The summed E-state index contributed by atoms with van der Waals surface area (Å²) in [6.07, 6.45) is 5.98. The summed E-state index contributed by atoms with van der Waals surface area (Å²) in [5, 5.41) is 12.9. The fourth-order valence-electron chi connectivity index (χ4n) is 2.26. The van der Waals surface area contributed by atoms with Crippen molar-refractivity contribution in [3.8, 4) is 0 Å². The third-order valence-corrected chi connectivity index (χ3v) is 5.07. The third-order valence-electron chi connectivity index (χ3n) is 3.54. The SMILES string of the molecule is CSC1CCCC1Nc1nnc(Cl)c(C)c1C. The summed E-state index contributed by atoms with van der Waals surface area (Å²) in [6.45, 7) is 4.03. The third kappa shape index (κ3) is 2.68. The molecule has 2 atom stereocenters. The van der Waals surface area contributed by atoms with Crippen LogP contribution in [0.15, 0.2) is 0 Å². The molecule has 0 aromatic carbocycles. The Bertz CT molecular complexity index is 411. The predicted octanol–water partition coefficient (Wildman–Crippen LogP) is 3.44. The van der Waals surface area contributed by atoms with Crippen molar-refractivity contribution in [3.63, 3.8) is 0 Å². The van der Waals surface area contributed by atoms with E-state index in [1.165, 1.54) is 19.3 Å². The second-order valence-electron chi connectivity index (χ2n) is 4.55. The number of hydrogen-bond acceptors (Lipinski definition) is 4. The predicted molar refractivity (Wildman–Crippen MR) is 75.1 cm³/mol. The first-order valence-electron chi connectivity index (χ1n) is 5.92. The van der Waals surface area contributed by atoms with Gasteiger partial charge in [0.15, 0.2) is 11.0 Å². The van der Waals surface area contributed by atoms with Crippen LogP contribution < -0.4 is 5.32 Å². The van der Waals surface area contributed by atoms with Crippen LogP contribution in [-0.4, -0.2) is 27.7 Å². The van der Waals surface area contributed by atoms with E-state index in [1.807, 2.05) is 25.6 Å². The lowest BCUT2D eigenvalue weighted by Gasteiger charge is -2.21. The average molecular weight is 272 g/mol. The van der Waals surface area contributed by atoms with Gasteiger partial charge in [-0.25, -0.2) is 0 Å². The zero-order valence-electron chi connectivity index (χ0n) is 10.5. The quantitative estimate of drug-likeness (QED) is 0.914. The molecule has 1 heterocycles. The molecule has 0 saturated heterocycles. The molecule has 1 aromatic rings. The van der Waals surface area contributed by atoms with E-state index in [-0.39, 0.29) is 0 Å². The maximum absolute atomic E-state index is 5.95. The first-order valence-corrected chi connectivity index (χ1v) is 7.58. The van der Waals surface area contributed by atoms with Crippen LogP contribution in [0, 0.1) is 13.8 Å². The van der Waals surface area contributed by atoms with Gasteiger partial charge in [-0.1, -0.05) is 18.0 Å². The van der Waals surface area contributed by atoms with Crippen LogP contribution in [0.25, 0.3) is 0 Å². The minimum Gasteiger partial charge on any atom is -0.365 e. The molecule has 0 bridgehead atoms. The fourth-order valence-corrected chi connectivity index (χ4v) is 3.38. The van der Waals surface area contributed by atoms with Crippen LogP contribution in [-0.2, 0) is 0 Å². The number of hydrogen-bond donors (Lipinski definition) is 1. The lowest BCUT2D eigenvalue weighted by atomic mass is 10.2. The first kappa shape index (κ1) is 13.0. The lowest BCUT2D eigenvalue weighted by molar-refractivity contribution is 0.756. The topological polar surface area (TPSA) is 37.8 Å². The Labute approximate surface area is 112 Å². The molecule has 17 heavy (non-hydrogen) atoms. The molecule has 0 spiro atoms. The zero-order chi connectivity index (χ0) is 12.4. The van der Waals surface area contributed by atoms with Gasteiger partial charge in [0, 0.05) is 11.3 Å². The summed E-state index contributed by atoms with van der Waals surface area (Å²) in [4.78, 5) is 0. The highest BCUT2D eigenvalue weighted by Crippen LogP contribution is 2.31. The van der Waals surface area contributed by atoms with Crippen molar-refractivity contribution in [2.75, 3.05) is 11.6 Å². The van der Waals surface area contributed by atoms with E-state index in [2.05, 4.69) is 21.8 Å². The molecule has 0 aliphatic heterocycles. The lowest BCUT2D eigenvalue weighted by Crippen LogP contribution is -2.27. The molecule has 0 radical (unpaired) electrons. The molecule has 1 N–H and O–H groups in total. The molecular weight excluding hydrogens is 254 g/mol. The van der Waals surface area contributed by atoms with Crippen LogP contribution in [0.1, 0.15) is 30.4 Å². The van der Waals surface area contributed by atoms with Crippen molar-refractivity contribution in [1.29, 1.82) is 0 Å². The van der Waals surface area contributed by atoms with Crippen molar-refractivity contribution < 1.29 is 0 Å². The van der Waals surface area contributed by atoms with Gasteiger partial charge in [0.25, 0.3) is 0 Å². The Hall–Kier alpha value is -0.480. The Morgan fingerprint density at radius 2 is 2.00 bits per heavy atom. The minimum absolute atomic E-state index is 0.501. The molecule has 94 valence electrons. The van der Waals surface area contributed by atoms with Crippen molar-refractivity contribution >= 4 is 29.2 Å². The number of nitrogens with zero attached hydrogens (tertiary/aromatic N) is 2. The molecular formula is C12H18ClN3S. The largest absolute Gasteiger partial charge is 0.365 e. The number of nitrogens with one attached hydrogen (secondary N) is 1. The van der Waals surface area contributed by atoms with Gasteiger partial charge in [0.2, 0.25) is 0 Å². The van der Waals surface area contributed by atoms with Gasteiger partial charge in [-0.2, -0.15) is 11.8 Å². The molecule has 5 heteroatoms. The van der Waals surface area contributed by atoms with Gasteiger partial charge in [-0.3, -0.25) is 0 Å². The van der Waals surface area contributed by atoms with E-state index < -0.39 is 0 Å². The maximum atomic E-state index is 5.95. The van der Waals surface area contributed by atoms with E-state index in [1.54, 1.807) is 0 Å². The molecule has 2 rings (SSSR count). The van der Waals surface area contributed by atoms with Gasteiger partial charge < -0.3 is 5.32 Å². The standard InChI is InChI=1S/C12H18ClN3S/c1-7-8(2)12(16-15-11(7)13)14-9-5-4-6-10(9)17-3/h9-10H,4-6H2,1-3H3,(H,14,16). The molecule has 0 amide bonds. The number of anilines is 1.